The Morgan fingerprint density at radius 2 is 1.88 bits per heavy atom. The molecule has 0 amide bonds. The van der Waals surface area contributed by atoms with Crippen molar-refractivity contribution in [2.24, 2.45) is 0 Å². The van der Waals surface area contributed by atoms with Crippen LogP contribution < -0.4 is 0 Å². The van der Waals surface area contributed by atoms with Crippen LogP contribution in [0.4, 0.5) is 4.39 Å². The molecule has 0 N–H and O–H groups in total. The molecule has 0 aliphatic heterocycles. The van der Waals surface area contributed by atoms with E-state index in [1.54, 1.807) is 0 Å². The van der Waals surface area contributed by atoms with Crippen LogP contribution in [0.2, 0.25) is 0 Å². The Morgan fingerprint density at radius 3 is 2.53 bits per heavy atom. The molecule has 0 bridgehead atoms. The smallest absolute Gasteiger partial charge is 0.129 e. The lowest BCUT2D eigenvalue weighted by molar-refractivity contribution is 0.589. The van der Waals surface area contributed by atoms with Gasteiger partial charge in [0.05, 0.1) is 0 Å². The number of hydrogen-bond acceptors (Lipinski definition) is 0. The van der Waals surface area contributed by atoms with Crippen LogP contribution in [-0.4, -0.2) is 0 Å². The maximum atomic E-state index is 14.1. The van der Waals surface area contributed by atoms with Crippen LogP contribution in [0.15, 0.2) is 24.8 Å². The summed E-state index contributed by atoms with van der Waals surface area (Å²) < 4.78 is 14.1. The summed E-state index contributed by atoms with van der Waals surface area (Å²) in [6.45, 7) is 7.72. The van der Waals surface area contributed by atoms with Crippen LogP contribution in [0.3, 0.4) is 0 Å². The fraction of sp³-hybridized carbons (Fsp3) is 0.500. The SMILES string of the molecule is C=CCCCCc1ccc(CCC)c(C)c1F. The molecule has 1 aromatic rings. The molecule has 0 atom stereocenters. The fourth-order valence-corrected chi connectivity index (χ4v) is 2.12. The first-order valence-corrected chi connectivity index (χ1v) is 6.58. The number of hydrogen-bond donors (Lipinski definition) is 0. The molecule has 0 aromatic heterocycles. The third kappa shape index (κ3) is 3.99. The quantitative estimate of drug-likeness (QED) is 0.461. The molecular formula is C16H23F. The van der Waals surface area contributed by atoms with Gasteiger partial charge in [0.25, 0.3) is 0 Å². The monoisotopic (exact) mass is 234 g/mol. The Kier molecular flexibility index (Phi) is 5.96. The van der Waals surface area contributed by atoms with Crippen molar-refractivity contribution in [3.63, 3.8) is 0 Å². The summed E-state index contributed by atoms with van der Waals surface area (Å²) in [5, 5.41) is 0. The van der Waals surface area contributed by atoms with Gasteiger partial charge in [0.15, 0.2) is 0 Å². The molecule has 17 heavy (non-hydrogen) atoms. The first kappa shape index (κ1) is 14.0. The van der Waals surface area contributed by atoms with Gasteiger partial charge in [-0.25, -0.2) is 4.39 Å². The average molecular weight is 234 g/mol. The summed E-state index contributed by atoms with van der Waals surface area (Å²) in [4.78, 5) is 0. The van der Waals surface area contributed by atoms with Crippen molar-refractivity contribution < 1.29 is 4.39 Å². The van der Waals surface area contributed by atoms with Gasteiger partial charge >= 0.3 is 0 Å². The first-order chi connectivity index (χ1) is 8.20. The topological polar surface area (TPSA) is 0 Å². The van der Waals surface area contributed by atoms with Crippen molar-refractivity contribution in [2.45, 2.75) is 52.4 Å². The van der Waals surface area contributed by atoms with Crippen LogP contribution in [0, 0.1) is 12.7 Å². The highest BCUT2D eigenvalue weighted by Gasteiger charge is 2.08. The van der Waals surface area contributed by atoms with E-state index < -0.39 is 0 Å². The lowest BCUT2D eigenvalue weighted by Crippen LogP contribution is -1.99. The summed E-state index contributed by atoms with van der Waals surface area (Å²) >= 11 is 0. The Bertz CT molecular complexity index is 366. The zero-order chi connectivity index (χ0) is 12.7. The van der Waals surface area contributed by atoms with Crippen molar-refractivity contribution >= 4 is 0 Å². The van der Waals surface area contributed by atoms with Gasteiger partial charge in [0.2, 0.25) is 0 Å². The first-order valence-electron chi connectivity index (χ1n) is 6.58. The molecule has 0 nitrogen and oxygen atoms in total. The summed E-state index contributed by atoms with van der Waals surface area (Å²) in [5.74, 6) is 0.00885. The molecule has 0 aliphatic rings. The molecule has 0 radical (unpaired) electrons. The summed E-state index contributed by atoms with van der Waals surface area (Å²) in [6.07, 6.45) is 7.96. The number of benzene rings is 1. The highest BCUT2D eigenvalue weighted by molar-refractivity contribution is 5.33. The average Bonchev–Trinajstić information content (AvgIpc) is 2.33. The van der Waals surface area contributed by atoms with Crippen molar-refractivity contribution in [3.05, 3.63) is 47.3 Å². The van der Waals surface area contributed by atoms with Crippen LogP contribution in [0.5, 0.6) is 0 Å². The van der Waals surface area contributed by atoms with E-state index in [2.05, 4.69) is 19.6 Å². The molecule has 1 heteroatoms. The van der Waals surface area contributed by atoms with E-state index in [4.69, 9.17) is 0 Å². The maximum Gasteiger partial charge on any atom is 0.129 e. The lowest BCUT2D eigenvalue weighted by atomic mass is 9.98. The molecule has 0 aliphatic carbocycles. The van der Waals surface area contributed by atoms with Crippen LogP contribution in [0.1, 0.15) is 49.3 Å². The standard InChI is InChI=1S/C16H23F/c1-4-6-7-8-10-15-12-11-14(9-5-2)13(3)16(15)17/h4,11-12H,1,5-10H2,2-3H3. The number of aryl methyl sites for hydroxylation is 2. The van der Waals surface area contributed by atoms with Crippen molar-refractivity contribution in [1.29, 1.82) is 0 Å². The molecule has 0 saturated heterocycles. The molecule has 1 aromatic carbocycles. The predicted octanol–water partition coefficient (Wildman–Crippen LogP) is 4.99. The predicted molar refractivity (Wildman–Crippen MR) is 72.9 cm³/mol. The van der Waals surface area contributed by atoms with Gasteiger partial charge in [-0.1, -0.05) is 31.6 Å². The second-order valence-electron chi connectivity index (χ2n) is 4.61. The van der Waals surface area contributed by atoms with E-state index in [9.17, 15) is 4.39 Å². The minimum absolute atomic E-state index is 0.00885. The molecule has 0 fully saturated rings. The highest BCUT2D eigenvalue weighted by Crippen LogP contribution is 2.20. The largest absolute Gasteiger partial charge is 0.206 e. The number of rotatable bonds is 7. The second kappa shape index (κ2) is 7.26. The Labute approximate surface area is 105 Å². The summed E-state index contributed by atoms with van der Waals surface area (Å²) in [5.41, 5.74) is 2.86. The molecular weight excluding hydrogens is 211 g/mol. The number of allylic oxidation sites excluding steroid dienone is 1. The zero-order valence-corrected chi connectivity index (χ0v) is 11.1. The number of unbranched alkanes of at least 4 members (excludes halogenated alkanes) is 2. The normalized spacial score (nSPS) is 10.5. The van der Waals surface area contributed by atoms with E-state index in [0.717, 1.165) is 55.2 Å². The third-order valence-electron chi connectivity index (χ3n) is 3.20. The van der Waals surface area contributed by atoms with Crippen molar-refractivity contribution in [3.8, 4) is 0 Å². The highest BCUT2D eigenvalue weighted by atomic mass is 19.1. The van der Waals surface area contributed by atoms with Gasteiger partial charge < -0.3 is 0 Å². The Balaban J connectivity index is 2.67. The molecule has 0 heterocycles. The Morgan fingerprint density at radius 1 is 1.18 bits per heavy atom. The minimum atomic E-state index is 0.00885. The van der Waals surface area contributed by atoms with E-state index >= 15 is 0 Å². The summed E-state index contributed by atoms with van der Waals surface area (Å²) in [6, 6.07) is 4.05. The van der Waals surface area contributed by atoms with Crippen molar-refractivity contribution in [2.75, 3.05) is 0 Å². The van der Waals surface area contributed by atoms with Crippen LogP contribution >= 0.6 is 0 Å². The molecule has 94 valence electrons. The van der Waals surface area contributed by atoms with E-state index in [1.807, 2.05) is 19.1 Å². The summed E-state index contributed by atoms with van der Waals surface area (Å²) in [7, 11) is 0. The van der Waals surface area contributed by atoms with Gasteiger partial charge in [-0.05, 0) is 55.7 Å². The van der Waals surface area contributed by atoms with E-state index in [-0.39, 0.29) is 5.82 Å². The molecule has 0 saturated carbocycles. The maximum absolute atomic E-state index is 14.1. The third-order valence-corrected chi connectivity index (χ3v) is 3.20. The Hall–Kier alpha value is -1.11. The zero-order valence-electron chi connectivity index (χ0n) is 11.1. The van der Waals surface area contributed by atoms with Gasteiger partial charge in [-0.15, -0.1) is 6.58 Å². The fourth-order valence-electron chi connectivity index (χ4n) is 2.12. The van der Waals surface area contributed by atoms with Gasteiger partial charge in [0.1, 0.15) is 5.82 Å². The van der Waals surface area contributed by atoms with Gasteiger partial charge in [-0.2, -0.15) is 0 Å². The molecule has 0 unspecified atom stereocenters. The van der Waals surface area contributed by atoms with E-state index in [0.29, 0.717) is 0 Å². The minimum Gasteiger partial charge on any atom is -0.206 e. The van der Waals surface area contributed by atoms with Crippen LogP contribution in [0.25, 0.3) is 0 Å². The van der Waals surface area contributed by atoms with Crippen molar-refractivity contribution in [1.82, 2.24) is 0 Å². The lowest BCUT2D eigenvalue weighted by Gasteiger charge is -2.10. The van der Waals surface area contributed by atoms with E-state index in [1.165, 1.54) is 0 Å². The molecule has 1 rings (SSSR count). The number of halogens is 1. The molecule has 0 spiro atoms. The van der Waals surface area contributed by atoms with Gasteiger partial charge in [0, 0.05) is 0 Å². The van der Waals surface area contributed by atoms with Gasteiger partial charge in [-0.3, -0.25) is 0 Å². The second-order valence-corrected chi connectivity index (χ2v) is 4.61. The van der Waals surface area contributed by atoms with Crippen LogP contribution in [-0.2, 0) is 12.8 Å².